The zero-order valence-electron chi connectivity index (χ0n) is 14.7. The zero-order chi connectivity index (χ0) is 19.1. The lowest BCUT2D eigenvalue weighted by Crippen LogP contribution is -2.04. The van der Waals surface area contributed by atoms with Crippen molar-refractivity contribution in [2.24, 2.45) is 0 Å². The summed E-state index contributed by atoms with van der Waals surface area (Å²) in [6.07, 6.45) is 5.73. The Balaban J connectivity index is 1.65. The molecule has 0 saturated heterocycles. The predicted molar refractivity (Wildman–Crippen MR) is 98.5 cm³/mol. The summed E-state index contributed by atoms with van der Waals surface area (Å²) >= 11 is 0. The molecule has 3 rings (SSSR count). The number of carbonyl (C=O) groups excluding carboxylic acids is 1. The van der Waals surface area contributed by atoms with Crippen LogP contribution in [0, 0.1) is 5.82 Å². The Bertz CT molecular complexity index is 922. The Morgan fingerprint density at radius 3 is 2.67 bits per heavy atom. The van der Waals surface area contributed by atoms with Gasteiger partial charge in [0.05, 0.1) is 6.61 Å². The molecule has 0 bridgehead atoms. The Kier molecular flexibility index (Phi) is 6.06. The molecule has 6 nitrogen and oxygen atoms in total. The van der Waals surface area contributed by atoms with Crippen molar-refractivity contribution in [2.45, 2.75) is 0 Å². The molecular weight excluding hydrogens is 349 g/mol. The number of benzene rings is 2. The van der Waals surface area contributed by atoms with E-state index in [0.29, 0.717) is 35.8 Å². The van der Waals surface area contributed by atoms with Crippen LogP contribution in [0.5, 0.6) is 5.75 Å². The van der Waals surface area contributed by atoms with Crippen LogP contribution in [0.1, 0.15) is 15.9 Å². The van der Waals surface area contributed by atoms with Gasteiger partial charge in [0.2, 0.25) is 0 Å². The van der Waals surface area contributed by atoms with Crippen molar-refractivity contribution in [3.8, 4) is 11.4 Å². The molecule has 0 N–H and O–H groups in total. The smallest absolute Gasteiger partial charge is 0.185 e. The molecule has 0 atom stereocenters. The number of allylic oxidation sites excluding steroid dienone is 1. The van der Waals surface area contributed by atoms with E-state index in [1.54, 1.807) is 49.6 Å². The first kappa shape index (κ1) is 18.5. The van der Waals surface area contributed by atoms with Gasteiger partial charge in [0.15, 0.2) is 5.78 Å². The fraction of sp³-hybridized carbons (Fsp3) is 0.150. The van der Waals surface area contributed by atoms with Crippen LogP contribution in [0.3, 0.4) is 0 Å². The molecule has 1 aromatic heterocycles. The van der Waals surface area contributed by atoms with E-state index >= 15 is 0 Å². The van der Waals surface area contributed by atoms with E-state index in [1.807, 2.05) is 0 Å². The maximum Gasteiger partial charge on any atom is 0.185 e. The van der Waals surface area contributed by atoms with Gasteiger partial charge in [-0.2, -0.15) is 5.10 Å². The second-order valence-electron chi connectivity index (χ2n) is 5.61. The molecule has 27 heavy (non-hydrogen) atoms. The molecule has 0 spiro atoms. The fourth-order valence-corrected chi connectivity index (χ4v) is 2.37. The van der Waals surface area contributed by atoms with Crippen LogP contribution in [-0.4, -0.2) is 40.9 Å². The lowest BCUT2D eigenvalue weighted by molar-refractivity contribution is 0.104. The summed E-state index contributed by atoms with van der Waals surface area (Å²) in [7, 11) is 1.60. The third-order valence-corrected chi connectivity index (χ3v) is 3.76. The Hall–Kier alpha value is -3.32. The van der Waals surface area contributed by atoms with E-state index < -0.39 is 5.82 Å². The largest absolute Gasteiger partial charge is 0.491 e. The summed E-state index contributed by atoms with van der Waals surface area (Å²) in [6.45, 7) is 0.940. The molecule has 2 aromatic carbocycles. The minimum Gasteiger partial charge on any atom is -0.491 e. The normalized spacial score (nSPS) is 11.0. The summed E-state index contributed by atoms with van der Waals surface area (Å²) in [5.41, 5.74) is 1.38. The molecule has 0 saturated carbocycles. The monoisotopic (exact) mass is 367 g/mol. The SMILES string of the molecule is COCCOc1ccc(C(=O)/C=C/c2ccc(-n3cncn3)c(F)c2)cc1. The number of rotatable bonds is 8. The van der Waals surface area contributed by atoms with Crippen LogP contribution in [0.15, 0.2) is 61.2 Å². The van der Waals surface area contributed by atoms with Gasteiger partial charge in [0.25, 0.3) is 0 Å². The van der Waals surface area contributed by atoms with E-state index in [0.717, 1.165) is 0 Å². The van der Waals surface area contributed by atoms with Crippen molar-refractivity contribution in [2.75, 3.05) is 20.3 Å². The molecule has 0 unspecified atom stereocenters. The van der Waals surface area contributed by atoms with Crippen molar-refractivity contribution >= 4 is 11.9 Å². The predicted octanol–water partition coefficient (Wildman–Crippen LogP) is 3.33. The van der Waals surface area contributed by atoms with Crippen molar-refractivity contribution in [3.63, 3.8) is 0 Å². The number of hydrogen-bond acceptors (Lipinski definition) is 5. The Morgan fingerprint density at radius 2 is 2.00 bits per heavy atom. The molecule has 0 aliphatic heterocycles. The lowest BCUT2D eigenvalue weighted by atomic mass is 10.1. The molecule has 0 fully saturated rings. The fourth-order valence-electron chi connectivity index (χ4n) is 2.37. The first-order valence-electron chi connectivity index (χ1n) is 8.26. The number of methoxy groups -OCH3 is 1. The van der Waals surface area contributed by atoms with Gasteiger partial charge in [-0.05, 0) is 48.0 Å². The second-order valence-corrected chi connectivity index (χ2v) is 5.61. The molecule has 1 heterocycles. The summed E-state index contributed by atoms with van der Waals surface area (Å²) in [5, 5.41) is 3.90. The van der Waals surface area contributed by atoms with Crippen LogP contribution in [-0.2, 0) is 4.74 Å². The highest BCUT2D eigenvalue weighted by Gasteiger charge is 2.06. The first-order valence-corrected chi connectivity index (χ1v) is 8.26. The molecule has 0 aliphatic carbocycles. The van der Waals surface area contributed by atoms with Gasteiger partial charge >= 0.3 is 0 Å². The highest BCUT2D eigenvalue weighted by molar-refractivity contribution is 6.06. The zero-order valence-corrected chi connectivity index (χ0v) is 14.7. The van der Waals surface area contributed by atoms with Crippen LogP contribution >= 0.6 is 0 Å². The summed E-state index contributed by atoms with van der Waals surface area (Å²) < 4.78 is 25.9. The quantitative estimate of drug-likeness (QED) is 0.347. The third kappa shape index (κ3) is 4.86. The van der Waals surface area contributed by atoms with E-state index in [4.69, 9.17) is 9.47 Å². The molecular formula is C20H18FN3O3. The Labute approximate surface area is 155 Å². The van der Waals surface area contributed by atoms with Crippen LogP contribution < -0.4 is 4.74 Å². The van der Waals surface area contributed by atoms with Gasteiger partial charge in [0.1, 0.15) is 36.5 Å². The highest BCUT2D eigenvalue weighted by Crippen LogP contribution is 2.16. The highest BCUT2D eigenvalue weighted by atomic mass is 19.1. The lowest BCUT2D eigenvalue weighted by Gasteiger charge is -2.05. The van der Waals surface area contributed by atoms with Crippen LogP contribution in [0.25, 0.3) is 11.8 Å². The maximum atomic E-state index is 14.2. The second kappa shape index (κ2) is 8.86. The van der Waals surface area contributed by atoms with E-state index in [9.17, 15) is 9.18 Å². The first-order chi connectivity index (χ1) is 13.2. The van der Waals surface area contributed by atoms with Crippen molar-refractivity contribution in [1.29, 1.82) is 0 Å². The van der Waals surface area contributed by atoms with Gasteiger partial charge < -0.3 is 9.47 Å². The topological polar surface area (TPSA) is 66.2 Å². The summed E-state index contributed by atoms with van der Waals surface area (Å²) in [4.78, 5) is 16.1. The van der Waals surface area contributed by atoms with Gasteiger partial charge in [-0.3, -0.25) is 4.79 Å². The minimum atomic E-state index is -0.451. The van der Waals surface area contributed by atoms with Crippen LogP contribution in [0.2, 0.25) is 0 Å². The minimum absolute atomic E-state index is 0.181. The average molecular weight is 367 g/mol. The maximum absolute atomic E-state index is 14.2. The third-order valence-electron chi connectivity index (χ3n) is 3.76. The number of hydrogen-bond donors (Lipinski definition) is 0. The van der Waals surface area contributed by atoms with Gasteiger partial charge in [-0.1, -0.05) is 12.1 Å². The summed E-state index contributed by atoms with van der Waals surface area (Å²) in [5.74, 6) is 0.0326. The van der Waals surface area contributed by atoms with Crippen LogP contribution in [0.4, 0.5) is 4.39 Å². The Morgan fingerprint density at radius 1 is 1.19 bits per heavy atom. The van der Waals surface area contributed by atoms with Gasteiger partial charge in [-0.25, -0.2) is 14.1 Å². The van der Waals surface area contributed by atoms with E-state index in [2.05, 4.69) is 10.1 Å². The molecule has 0 aliphatic rings. The summed E-state index contributed by atoms with van der Waals surface area (Å²) in [6, 6.07) is 11.4. The molecule has 0 amide bonds. The van der Waals surface area contributed by atoms with Gasteiger partial charge in [0, 0.05) is 12.7 Å². The van der Waals surface area contributed by atoms with Crippen molar-refractivity contribution in [1.82, 2.24) is 14.8 Å². The average Bonchev–Trinajstić information content (AvgIpc) is 3.21. The standard InChI is InChI=1S/C20H18FN3O3/c1-26-10-11-27-17-6-4-16(5-7-17)20(25)9-3-15-2-8-19(18(21)12-15)24-14-22-13-23-24/h2-9,12-14H,10-11H2,1H3/b9-3+. The molecule has 0 radical (unpaired) electrons. The molecule has 3 aromatic rings. The number of nitrogens with zero attached hydrogens (tertiary/aromatic N) is 3. The van der Waals surface area contributed by atoms with Crippen molar-refractivity contribution < 1.29 is 18.7 Å². The van der Waals surface area contributed by atoms with Crippen molar-refractivity contribution in [3.05, 3.63) is 78.1 Å². The number of ether oxygens (including phenoxy) is 2. The number of ketones is 1. The number of carbonyl (C=O) groups is 1. The van der Waals surface area contributed by atoms with Gasteiger partial charge in [-0.15, -0.1) is 0 Å². The number of halogens is 1. The van der Waals surface area contributed by atoms with E-state index in [-0.39, 0.29) is 5.78 Å². The molecule has 7 heteroatoms. The number of aromatic nitrogens is 3. The van der Waals surface area contributed by atoms with E-state index in [1.165, 1.54) is 29.5 Å². The molecule has 138 valence electrons.